The lowest BCUT2D eigenvalue weighted by Gasteiger charge is -2.05. The predicted molar refractivity (Wildman–Crippen MR) is 78.2 cm³/mol. The van der Waals surface area contributed by atoms with Crippen LogP contribution in [0.3, 0.4) is 0 Å². The SMILES string of the molecule is CCNCc1ccn(Cc2cc(CC)nn2CC)c1. The van der Waals surface area contributed by atoms with Crippen molar-refractivity contribution in [3.8, 4) is 0 Å². The number of aromatic nitrogens is 3. The summed E-state index contributed by atoms with van der Waals surface area (Å²) in [6, 6.07) is 4.39. The van der Waals surface area contributed by atoms with Crippen molar-refractivity contribution in [2.24, 2.45) is 0 Å². The van der Waals surface area contributed by atoms with E-state index < -0.39 is 0 Å². The molecule has 2 heterocycles. The molecule has 0 radical (unpaired) electrons. The molecule has 0 bridgehead atoms. The molecule has 0 aliphatic carbocycles. The molecule has 104 valence electrons. The van der Waals surface area contributed by atoms with Crippen LogP contribution < -0.4 is 5.32 Å². The molecule has 0 aliphatic heterocycles. The molecule has 2 rings (SSSR count). The van der Waals surface area contributed by atoms with Gasteiger partial charge in [0.25, 0.3) is 0 Å². The van der Waals surface area contributed by atoms with Crippen LogP contribution in [0, 0.1) is 0 Å². The molecule has 0 saturated heterocycles. The molecule has 4 nitrogen and oxygen atoms in total. The highest BCUT2D eigenvalue weighted by molar-refractivity contribution is 5.15. The van der Waals surface area contributed by atoms with Crippen molar-refractivity contribution in [2.45, 2.75) is 46.8 Å². The Hall–Kier alpha value is -1.55. The number of nitrogens with one attached hydrogen (secondary N) is 1. The summed E-state index contributed by atoms with van der Waals surface area (Å²) >= 11 is 0. The normalized spacial score (nSPS) is 11.1. The van der Waals surface area contributed by atoms with E-state index in [-0.39, 0.29) is 0 Å². The Morgan fingerprint density at radius 2 is 2.11 bits per heavy atom. The second kappa shape index (κ2) is 6.57. The van der Waals surface area contributed by atoms with Gasteiger partial charge in [-0.1, -0.05) is 13.8 Å². The molecule has 0 unspecified atom stereocenters. The molecule has 0 amide bonds. The zero-order valence-corrected chi connectivity index (χ0v) is 12.2. The average Bonchev–Trinajstić information content (AvgIpc) is 3.03. The summed E-state index contributed by atoms with van der Waals surface area (Å²) < 4.78 is 4.33. The third kappa shape index (κ3) is 3.47. The van der Waals surface area contributed by atoms with Crippen molar-refractivity contribution in [2.75, 3.05) is 6.54 Å². The van der Waals surface area contributed by atoms with Crippen LogP contribution in [-0.4, -0.2) is 20.9 Å². The van der Waals surface area contributed by atoms with E-state index in [0.29, 0.717) is 0 Å². The summed E-state index contributed by atoms with van der Waals surface area (Å²) in [6.45, 7) is 10.2. The van der Waals surface area contributed by atoms with Gasteiger partial charge in [-0.2, -0.15) is 5.10 Å². The van der Waals surface area contributed by atoms with Crippen molar-refractivity contribution >= 4 is 0 Å². The standard InChI is InChI=1S/C15H24N4/c1-4-14-9-15(19(6-3)17-14)12-18-8-7-13(11-18)10-16-5-2/h7-9,11,16H,4-6,10,12H2,1-3H3. The van der Waals surface area contributed by atoms with Gasteiger partial charge in [-0.25, -0.2) is 0 Å². The minimum Gasteiger partial charge on any atom is -0.348 e. The van der Waals surface area contributed by atoms with E-state index >= 15 is 0 Å². The molecule has 0 aromatic carbocycles. The molecule has 2 aromatic rings. The van der Waals surface area contributed by atoms with Crippen molar-refractivity contribution < 1.29 is 0 Å². The van der Waals surface area contributed by atoms with Gasteiger partial charge >= 0.3 is 0 Å². The van der Waals surface area contributed by atoms with E-state index in [1.165, 1.54) is 17.0 Å². The number of rotatable bonds is 7. The van der Waals surface area contributed by atoms with Gasteiger partial charge in [-0.3, -0.25) is 4.68 Å². The van der Waals surface area contributed by atoms with Crippen LogP contribution in [0.25, 0.3) is 0 Å². The zero-order chi connectivity index (χ0) is 13.7. The maximum absolute atomic E-state index is 4.59. The van der Waals surface area contributed by atoms with Gasteiger partial charge in [0, 0.05) is 25.5 Å². The molecule has 0 fully saturated rings. The topological polar surface area (TPSA) is 34.8 Å². The van der Waals surface area contributed by atoms with Crippen molar-refractivity contribution in [3.63, 3.8) is 0 Å². The van der Waals surface area contributed by atoms with Crippen LogP contribution in [-0.2, 0) is 26.1 Å². The van der Waals surface area contributed by atoms with E-state index in [1.807, 2.05) is 0 Å². The average molecular weight is 260 g/mol. The highest BCUT2D eigenvalue weighted by Crippen LogP contribution is 2.09. The lowest BCUT2D eigenvalue weighted by atomic mass is 10.3. The third-order valence-electron chi connectivity index (χ3n) is 3.31. The Labute approximate surface area is 115 Å². The van der Waals surface area contributed by atoms with E-state index in [9.17, 15) is 0 Å². The van der Waals surface area contributed by atoms with Gasteiger partial charge < -0.3 is 9.88 Å². The Balaban J connectivity index is 2.07. The second-order valence-electron chi connectivity index (χ2n) is 4.77. The van der Waals surface area contributed by atoms with E-state index in [2.05, 4.69) is 65.0 Å². The van der Waals surface area contributed by atoms with Crippen LogP contribution in [0.1, 0.15) is 37.7 Å². The lowest BCUT2D eigenvalue weighted by Crippen LogP contribution is -2.11. The minimum absolute atomic E-state index is 0.896. The monoisotopic (exact) mass is 260 g/mol. The Morgan fingerprint density at radius 3 is 2.79 bits per heavy atom. The minimum atomic E-state index is 0.896. The lowest BCUT2D eigenvalue weighted by molar-refractivity contribution is 0.595. The molecule has 19 heavy (non-hydrogen) atoms. The summed E-state index contributed by atoms with van der Waals surface area (Å²) in [5.41, 5.74) is 3.79. The Morgan fingerprint density at radius 1 is 1.26 bits per heavy atom. The predicted octanol–water partition coefficient (Wildman–Crippen LogP) is 2.42. The highest BCUT2D eigenvalue weighted by atomic mass is 15.3. The Kier molecular flexibility index (Phi) is 4.80. The fourth-order valence-corrected chi connectivity index (χ4v) is 2.24. The second-order valence-corrected chi connectivity index (χ2v) is 4.77. The summed E-state index contributed by atoms with van der Waals surface area (Å²) in [5.74, 6) is 0. The molecule has 0 saturated carbocycles. The summed E-state index contributed by atoms with van der Waals surface area (Å²) in [4.78, 5) is 0. The summed E-state index contributed by atoms with van der Waals surface area (Å²) in [5, 5.41) is 7.94. The zero-order valence-electron chi connectivity index (χ0n) is 12.2. The quantitative estimate of drug-likeness (QED) is 0.829. The van der Waals surface area contributed by atoms with Crippen LogP contribution in [0.15, 0.2) is 24.5 Å². The summed E-state index contributed by atoms with van der Waals surface area (Å²) in [6.07, 6.45) is 5.35. The largest absolute Gasteiger partial charge is 0.348 e. The van der Waals surface area contributed by atoms with Crippen molar-refractivity contribution in [1.82, 2.24) is 19.7 Å². The molecule has 0 spiro atoms. The van der Waals surface area contributed by atoms with E-state index in [1.54, 1.807) is 0 Å². The molecule has 0 aliphatic rings. The van der Waals surface area contributed by atoms with Gasteiger partial charge in [0.05, 0.1) is 17.9 Å². The van der Waals surface area contributed by atoms with Gasteiger partial charge in [0.15, 0.2) is 0 Å². The first-order valence-electron chi connectivity index (χ1n) is 7.17. The van der Waals surface area contributed by atoms with Gasteiger partial charge in [-0.15, -0.1) is 0 Å². The first-order valence-corrected chi connectivity index (χ1v) is 7.17. The number of aryl methyl sites for hydroxylation is 2. The number of hydrogen-bond donors (Lipinski definition) is 1. The first kappa shape index (κ1) is 13.9. The third-order valence-corrected chi connectivity index (χ3v) is 3.31. The Bertz CT molecular complexity index is 510. The first-order chi connectivity index (χ1) is 9.26. The van der Waals surface area contributed by atoms with Crippen LogP contribution in [0.4, 0.5) is 0 Å². The van der Waals surface area contributed by atoms with Crippen LogP contribution in [0.2, 0.25) is 0 Å². The fourth-order valence-electron chi connectivity index (χ4n) is 2.24. The van der Waals surface area contributed by atoms with Gasteiger partial charge in [0.2, 0.25) is 0 Å². The molecular formula is C15H24N4. The number of nitrogens with zero attached hydrogens (tertiary/aromatic N) is 3. The maximum Gasteiger partial charge on any atom is 0.0639 e. The van der Waals surface area contributed by atoms with E-state index in [4.69, 9.17) is 0 Å². The van der Waals surface area contributed by atoms with Crippen molar-refractivity contribution in [3.05, 3.63) is 41.5 Å². The maximum atomic E-state index is 4.59. The fraction of sp³-hybridized carbons (Fsp3) is 0.533. The number of hydrogen-bond acceptors (Lipinski definition) is 2. The smallest absolute Gasteiger partial charge is 0.0639 e. The van der Waals surface area contributed by atoms with Crippen LogP contribution >= 0.6 is 0 Å². The molecule has 1 N–H and O–H groups in total. The van der Waals surface area contributed by atoms with Crippen LogP contribution in [0.5, 0.6) is 0 Å². The van der Waals surface area contributed by atoms with Crippen molar-refractivity contribution in [1.29, 1.82) is 0 Å². The molecule has 0 atom stereocenters. The molecule has 2 aromatic heterocycles. The highest BCUT2D eigenvalue weighted by Gasteiger charge is 2.06. The molecule has 4 heteroatoms. The van der Waals surface area contributed by atoms with Gasteiger partial charge in [-0.05, 0) is 37.6 Å². The summed E-state index contributed by atoms with van der Waals surface area (Å²) in [7, 11) is 0. The van der Waals surface area contributed by atoms with E-state index in [0.717, 1.165) is 32.6 Å². The van der Waals surface area contributed by atoms with Gasteiger partial charge in [0.1, 0.15) is 0 Å². The molecular weight excluding hydrogens is 236 g/mol.